The Kier molecular flexibility index (Phi) is 4.38. The Morgan fingerprint density at radius 2 is 1.96 bits per heavy atom. The molecule has 1 aromatic carbocycles. The van der Waals surface area contributed by atoms with E-state index >= 15 is 0 Å². The predicted octanol–water partition coefficient (Wildman–Crippen LogP) is 2.27. The molecule has 0 spiro atoms. The first-order chi connectivity index (χ1) is 11.2. The van der Waals surface area contributed by atoms with Crippen LogP contribution in [0.2, 0.25) is 0 Å². The summed E-state index contributed by atoms with van der Waals surface area (Å²) in [5.74, 6) is 1.23. The van der Waals surface area contributed by atoms with Gasteiger partial charge in [-0.3, -0.25) is 0 Å². The number of aryl methyl sites for hydroxylation is 2. The van der Waals surface area contributed by atoms with Gasteiger partial charge < -0.3 is 20.9 Å². The van der Waals surface area contributed by atoms with Crippen LogP contribution in [0.5, 0.6) is 0 Å². The maximum absolute atomic E-state index is 5.55. The van der Waals surface area contributed by atoms with E-state index in [1.165, 1.54) is 5.56 Å². The van der Waals surface area contributed by atoms with Gasteiger partial charge in [0.15, 0.2) is 17.0 Å². The second-order valence-corrected chi connectivity index (χ2v) is 5.31. The van der Waals surface area contributed by atoms with Gasteiger partial charge in [-0.25, -0.2) is 4.98 Å². The summed E-state index contributed by atoms with van der Waals surface area (Å²) in [4.78, 5) is 13.5. The van der Waals surface area contributed by atoms with Crippen LogP contribution in [0.4, 0.5) is 17.5 Å². The molecule has 0 radical (unpaired) electrons. The molecule has 0 aliphatic heterocycles. The molecule has 7 heteroatoms. The first kappa shape index (κ1) is 15.2. The smallest absolute Gasteiger partial charge is 0.226 e. The lowest BCUT2D eigenvalue weighted by molar-refractivity contribution is 0.777. The van der Waals surface area contributed by atoms with Crippen LogP contribution in [-0.2, 0) is 6.54 Å². The number of hydrogen-bond acceptors (Lipinski definition) is 6. The predicted molar refractivity (Wildman–Crippen MR) is 93.0 cm³/mol. The van der Waals surface area contributed by atoms with Crippen molar-refractivity contribution in [3.05, 3.63) is 36.2 Å². The summed E-state index contributed by atoms with van der Waals surface area (Å²) in [5, 5.41) is 6.46. The van der Waals surface area contributed by atoms with Crippen molar-refractivity contribution in [1.29, 1.82) is 0 Å². The van der Waals surface area contributed by atoms with E-state index in [9.17, 15) is 0 Å². The van der Waals surface area contributed by atoms with Crippen LogP contribution in [0.15, 0.2) is 30.6 Å². The highest BCUT2D eigenvalue weighted by Crippen LogP contribution is 2.24. The number of hydrogen-bond donors (Lipinski definition) is 3. The van der Waals surface area contributed by atoms with Gasteiger partial charge in [-0.15, -0.1) is 0 Å². The molecule has 3 aromatic rings. The van der Waals surface area contributed by atoms with E-state index in [0.717, 1.165) is 23.4 Å². The molecule has 2 heterocycles. The molecule has 0 fully saturated rings. The fourth-order valence-corrected chi connectivity index (χ4v) is 2.30. The molecule has 0 saturated carbocycles. The number of nitrogens with one attached hydrogen (secondary N) is 2. The highest BCUT2D eigenvalue weighted by Gasteiger charge is 2.13. The summed E-state index contributed by atoms with van der Waals surface area (Å²) >= 11 is 0. The van der Waals surface area contributed by atoms with E-state index in [1.807, 2.05) is 16.7 Å². The number of imidazole rings is 1. The number of fused-ring (bicyclic) bond motifs is 1. The van der Waals surface area contributed by atoms with E-state index in [4.69, 9.17) is 5.73 Å². The standard InChI is InChI=1S/C16H21N7/c1-3-23-10-19-13-14(20-12-6-4-11(2)5-7-12)21-16(18-9-8-17)22-15(13)23/h4-7,10H,3,8-9,17H2,1-2H3,(H2,18,20,21,22). The third kappa shape index (κ3) is 3.24. The Morgan fingerprint density at radius 1 is 1.17 bits per heavy atom. The van der Waals surface area contributed by atoms with E-state index in [1.54, 1.807) is 6.33 Å². The van der Waals surface area contributed by atoms with Crippen LogP contribution in [0, 0.1) is 6.92 Å². The average molecular weight is 311 g/mol. The minimum atomic E-state index is 0.523. The molecule has 0 saturated heterocycles. The number of nitrogens with two attached hydrogens (primary N) is 1. The monoisotopic (exact) mass is 311 g/mol. The zero-order valence-corrected chi connectivity index (χ0v) is 13.4. The minimum absolute atomic E-state index is 0.523. The van der Waals surface area contributed by atoms with Gasteiger partial charge in [0.2, 0.25) is 5.95 Å². The number of rotatable bonds is 6. The largest absolute Gasteiger partial charge is 0.353 e. The summed E-state index contributed by atoms with van der Waals surface area (Å²) in [6.07, 6.45) is 1.78. The van der Waals surface area contributed by atoms with Crippen molar-refractivity contribution in [1.82, 2.24) is 19.5 Å². The summed E-state index contributed by atoms with van der Waals surface area (Å²) in [7, 11) is 0. The number of nitrogens with zero attached hydrogens (tertiary/aromatic N) is 4. The van der Waals surface area contributed by atoms with Crippen LogP contribution < -0.4 is 16.4 Å². The summed E-state index contributed by atoms with van der Waals surface area (Å²) in [6.45, 7) is 6.06. The fourth-order valence-electron chi connectivity index (χ4n) is 2.30. The molecule has 0 aliphatic rings. The van der Waals surface area contributed by atoms with Gasteiger partial charge in [0.05, 0.1) is 6.33 Å². The Balaban J connectivity index is 2.02. The summed E-state index contributed by atoms with van der Waals surface area (Å²) in [5.41, 5.74) is 9.28. The molecule has 3 rings (SSSR count). The maximum atomic E-state index is 5.55. The first-order valence-electron chi connectivity index (χ1n) is 7.71. The quantitative estimate of drug-likeness (QED) is 0.646. The topological polar surface area (TPSA) is 93.7 Å². The molecule has 0 bridgehead atoms. The molecule has 4 N–H and O–H groups in total. The van der Waals surface area contributed by atoms with E-state index in [0.29, 0.717) is 24.9 Å². The molecule has 0 amide bonds. The lowest BCUT2D eigenvalue weighted by Gasteiger charge is -2.10. The third-order valence-corrected chi connectivity index (χ3v) is 3.55. The molecular weight excluding hydrogens is 290 g/mol. The van der Waals surface area contributed by atoms with Crippen LogP contribution >= 0.6 is 0 Å². The van der Waals surface area contributed by atoms with Crippen molar-refractivity contribution < 1.29 is 0 Å². The molecule has 0 atom stereocenters. The van der Waals surface area contributed by atoms with E-state index in [-0.39, 0.29) is 0 Å². The molecule has 120 valence electrons. The molecular formula is C16H21N7. The van der Waals surface area contributed by atoms with Crippen molar-refractivity contribution in [3.63, 3.8) is 0 Å². The van der Waals surface area contributed by atoms with Crippen molar-refractivity contribution in [2.75, 3.05) is 23.7 Å². The van der Waals surface area contributed by atoms with E-state index < -0.39 is 0 Å². The van der Waals surface area contributed by atoms with Crippen LogP contribution in [-0.4, -0.2) is 32.6 Å². The van der Waals surface area contributed by atoms with Gasteiger partial charge in [-0.05, 0) is 26.0 Å². The van der Waals surface area contributed by atoms with Crippen molar-refractivity contribution in [2.45, 2.75) is 20.4 Å². The van der Waals surface area contributed by atoms with Gasteiger partial charge in [-0.2, -0.15) is 9.97 Å². The van der Waals surface area contributed by atoms with Crippen molar-refractivity contribution >= 4 is 28.6 Å². The molecule has 2 aromatic heterocycles. The average Bonchev–Trinajstić information content (AvgIpc) is 2.98. The van der Waals surface area contributed by atoms with E-state index in [2.05, 4.69) is 51.6 Å². The summed E-state index contributed by atoms with van der Waals surface area (Å²) in [6, 6.07) is 8.15. The first-order valence-corrected chi connectivity index (χ1v) is 7.71. The van der Waals surface area contributed by atoms with Crippen molar-refractivity contribution in [2.24, 2.45) is 5.73 Å². The van der Waals surface area contributed by atoms with Gasteiger partial charge in [-0.1, -0.05) is 17.7 Å². The number of anilines is 3. The molecule has 23 heavy (non-hydrogen) atoms. The van der Waals surface area contributed by atoms with Gasteiger partial charge in [0, 0.05) is 25.3 Å². The normalized spacial score (nSPS) is 10.9. The minimum Gasteiger partial charge on any atom is -0.353 e. The van der Waals surface area contributed by atoms with Gasteiger partial charge >= 0.3 is 0 Å². The Morgan fingerprint density at radius 3 is 2.65 bits per heavy atom. The second-order valence-electron chi connectivity index (χ2n) is 5.31. The van der Waals surface area contributed by atoms with Gasteiger partial charge in [0.25, 0.3) is 0 Å². The summed E-state index contributed by atoms with van der Waals surface area (Å²) < 4.78 is 1.99. The Bertz CT molecular complexity index is 792. The molecule has 0 unspecified atom stereocenters. The maximum Gasteiger partial charge on any atom is 0.226 e. The SMILES string of the molecule is CCn1cnc2c(Nc3ccc(C)cc3)nc(NCCN)nc21. The zero-order chi connectivity index (χ0) is 16.2. The second kappa shape index (κ2) is 6.62. The van der Waals surface area contributed by atoms with Crippen LogP contribution in [0.1, 0.15) is 12.5 Å². The fraction of sp³-hybridized carbons (Fsp3) is 0.312. The lowest BCUT2D eigenvalue weighted by atomic mass is 10.2. The highest BCUT2D eigenvalue weighted by molar-refractivity contribution is 5.86. The zero-order valence-electron chi connectivity index (χ0n) is 13.4. The molecule has 0 aliphatic carbocycles. The third-order valence-electron chi connectivity index (χ3n) is 3.55. The highest BCUT2D eigenvalue weighted by atomic mass is 15.2. The number of benzene rings is 1. The van der Waals surface area contributed by atoms with Crippen LogP contribution in [0.3, 0.4) is 0 Å². The Labute approximate surface area is 135 Å². The van der Waals surface area contributed by atoms with Crippen molar-refractivity contribution in [3.8, 4) is 0 Å². The molecule has 7 nitrogen and oxygen atoms in total. The Hall–Kier alpha value is -2.67. The number of aromatic nitrogens is 4. The van der Waals surface area contributed by atoms with Crippen LogP contribution in [0.25, 0.3) is 11.2 Å². The van der Waals surface area contributed by atoms with Gasteiger partial charge in [0.1, 0.15) is 0 Å². The lowest BCUT2D eigenvalue weighted by Crippen LogP contribution is -2.15.